The first-order valence-corrected chi connectivity index (χ1v) is 8.27. The van der Waals surface area contributed by atoms with Gasteiger partial charge in [0.1, 0.15) is 5.75 Å². The molecule has 1 aliphatic rings. The van der Waals surface area contributed by atoms with Crippen molar-refractivity contribution in [2.45, 2.75) is 19.9 Å². The maximum Gasteiger partial charge on any atom is 0.321 e. The summed E-state index contributed by atoms with van der Waals surface area (Å²) in [6.07, 6.45) is 0. The van der Waals surface area contributed by atoms with Crippen molar-refractivity contribution in [3.05, 3.63) is 24.3 Å². The summed E-state index contributed by atoms with van der Waals surface area (Å²) in [6, 6.07) is 7.20. The quantitative estimate of drug-likeness (QED) is 0.842. The van der Waals surface area contributed by atoms with Gasteiger partial charge < -0.3 is 15.0 Å². The van der Waals surface area contributed by atoms with Crippen LogP contribution in [0, 0.1) is 0 Å². The molecule has 0 spiro atoms. The van der Waals surface area contributed by atoms with Gasteiger partial charge in [-0.05, 0) is 26.0 Å². The molecule has 2 N–H and O–H groups in total. The van der Waals surface area contributed by atoms with E-state index in [1.54, 1.807) is 7.11 Å². The van der Waals surface area contributed by atoms with Crippen LogP contribution < -0.4 is 20.3 Å². The molecule has 7 nitrogen and oxygen atoms in total. The third-order valence-corrected chi connectivity index (χ3v) is 4.23. The number of urea groups is 1. The molecule has 1 saturated heterocycles. The van der Waals surface area contributed by atoms with E-state index in [1.807, 2.05) is 32.0 Å². The number of piperazine rings is 1. The van der Waals surface area contributed by atoms with Crippen LogP contribution in [0.5, 0.6) is 5.75 Å². The number of nitrogens with one attached hydrogen (secondary N) is 2. The molecule has 0 aromatic heterocycles. The van der Waals surface area contributed by atoms with Crippen molar-refractivity contribution < 1.29 is 14.3 Å². The third-order valence-electron chi connectivity index (χ3n) is 4.23. The Labute approximate surface area is 142 Å². The highest BCUT2D eigenvalue weighted by Crippen LogP contribution is 2.22. The fraction of sp³-hybridized carbons (Fsp3) is 0.529. The second-order valence-electron chi connectivity index (χ2n) is 5.75. The molecular weight excluding hydrogens is 308 g/mol. The van der Waals surface area contributed by atoms with E-state index in [-0.39, 0.29) is 11.9 Å². The second-order valence-corrected chi connectivity index (χ2v) is 5.75. The van der Waals surface area contributed by atoms with E-state index in [0.29, 0.717) is 6.54 Å². The fourth-order valence-corrected chi connectivity index (χ4v) is 2.76. The van der Waals surface area contributed by atoms with Crippen LogP contribution in [-0.2, 0) is 4.79 Å². The number of benzene rings is 1. The molecule has 132 valence electrons. The monoisotopic (exact) mass is 334 g/mol. The van der Waals surface area contributed by atoms with E-state index >= 15 is 0 Å². The SMILES string of the molecule is CCNC(=O)NC(=O)C(C)N1CCN(c2cccc(OC)c2)CC1. The molecule has 0 aliphatic carbocycles. The summed E-state index contributed by atoms with van der Waals surface area (Å²) in [7, 11) is 1.66. The number of carbonyl (C=O) groups excluding carboxylic acids is 2. The zero-order valence-electron chi connectivity index (χ0n) is 14.5. The normalized spacial score (nSPS) is 16.4. The summed E-state index contributed by atoms with van der Waals surface area (Å²) in [4.78, 5) is 27.9. The van der Waals surface area contributed by atoms with Crippen molar-refractivity contribution in [3.63, 3.8) is 0 Å². The van der Waals surface area contributed by atoms with Gasteiger partial charge in [0.2, 0.25) is 5.91 Å². The highest BCUT2D eigenvalue weighted by atomic mass is 16.5. The number of ether oxygens (including phenoxy) is 1. The first kappa shape index (κ1) is 18.1. The summed E-state index contributed by atoms with van der Waals surface area (Å²) in [5.41, 5.74) is 1.12. The molecule has 0 bridgehead atoms. The summed E-state index contributed by atoms with van der Waals surface area (Å²) < 4.78 is 5.27. The van der Waals surface area contributed by atoms with Crippen molar-refractivity contribution in [2.24, 2.45) is 0 Å². The molecule has 24 heavy (non-hydrogen) atoms. The van der Waals surface area contributed by atoms with Crippen LogP contribution in [0.15, 0.2) is 24.3 Å². The predicted molar refractivity (Wildman–Crippen MR) is 93.5 cm³/mol. The number of hydrogen-bond acceptors (Lipinski definition) is 5. The summed E-state index contributed by atoms with van der Waals surface area (Å²) >= 11 is 0. The molecule has 1 atom stereocenters. The van der Waals surface area contributed by atoms with Gasteiger partial charge in [-0.3, -0.25) is 15.0 Å². The van der Waals surface area contributed by atoms with E-state index in [9.17, 15) is 9.59 Å². The Balaban J connectivity index is 1.87. The lowest BCUT2D eigenvalue weighted by atomic mass is 10.2. The molecule has 1 aliphatic heterocycles. The molecule has 1 heterocycles. The Morgan fingerprint density at radius 1 is 1.25 bits per heavy atom. The number of carbonyl (C=O) groups is 2. The average molecular weight is 334 g/mol. The largest absolute Gasteiger partial charge is 0.497 e. The fourth-order valence-electron chi connectivity index (χ4n) is 2.76. The van der Waals surface area contributed by atoms with Crippen LogP contribution >= 0.6 is 0 Å². The Hall–Kier alpha value is -2.28. The molecule has 1 fully saturated rings. The molecule has 1 unspecified atom stereocenters. The summed E-state index contributed by atoms with van der Waals surface area (Å²) in [5, 5.41) is 4.94. The minimum atomic E-state index is -0.440. The Bertz CT molecular complexity index is 571. The van der Waals surface area contributed by atoms with Crippen LogP contribution in [0.1, 0.15) is 13.8 Å². The Kier molecular flexibility index (Phi) is 6.43. The highest BCUT2D eigenvalue weighted by Gasteiger charge is 2.26. The Morgan fingerprint density at radius 3 is 2.58 bits per heavy atom. The maximum atomic E-state index is 12.1. The van der Waals surface area contributed by atoms with Crippen molar-refractivity contribution in [2.75, 3.05) is 44.7 Å². The molecule has 2 rings (SSSR count). The van der Waals surface area contributed by atoms with Gasteiger partial charge in [-0.25, -0.2) is 4.79 Å². The number of rotatable bonds is 5. The van der Waals surface area contributed by atoms with Gasteiger partial charge in [-0.2, -0.15) is 0 Å². The smallest absolute Gasteiger partial charge is 0.321 e. The lowest BCUT2D eigenvalue weighted by molar-refractivity contribution is -0.124. The summed E-state index contributed by atoms with van der Waals surface area (Å²) in [5.74, 6) is 0.570. The van der Waals surface area contributed by atoms with E-state index < -0.39 is 6.03 Å². The number of nitrogens with zero attached hydrogens (tertiary/aromatic N) is 2. The van der Waals surface area contributed by atoms with E-state index in [1.165, 1.54) is 0 Å². The first-order valence-electron chi connectivity index (χ1n) is 8.27. The topological polar surface area (TPSA) is 73.9 Å². The van der Waals surface area contributed by atoms with Crippen LogP contribution in [0.2, 0.25) is 0 Å². The van der Waals surface area contributed by atoms with Crippen molar-refractivity contribution in [3.8, 4) is 5.75 Å². The van der Waals surface area contributed by atoms with Gasteiger partial charge >= 0.3 is 6.03 Å². The number of anilines is 1. The molecule has 1 aromatic rings. The van der Waals surface area contributed by atoms with Gasteiger partial charge in [-0.15, -0.1) is 0 Å². The van der Waals surface area contributed by atoms with Crippen LogP contribution in [-0.4, -0.2) is 62.7 Å². The van der Waals surface area contributed by atoms with E-state index in [4.69, 9.17) is 4.74 Å². The van der Waals surface area contributed by atoms with E-state index in [0.717, 1.165) is 37.6 Å². The maximum absolute atomic E-state index is 12.1. The second kappa shape index (κ2) is 8.54. The zero-order valence-corrected chi connectivity index (χ0v) is 14.5. The molecule has 1 aromatic carbocycles. The number of imide groups is 1. The minimum Gasteiger partial charge on any atom is -0.497 e. The zero-order chi connectivity index (χ0) is 17.5. The number of methoxy groups -OCH3 is 1. The third kappa shape index (κ3) is 4.61. The summed E-state index contributed by atoms with van der Waals surface area (Å²) in [6.45, 7) is 7.31. The molecular formula is C17H26N4O3. The first-order chi connectivity index (χ1) is 11.5. The lowest BCUT2D eigenvalue weighted by Gasteiger charge is -2.38. The van der Waals surface area contributed by atoms with Crippen LogP contribution in [0.3, 0.4) is 0 Å². The lowest BCUT2D eigenvalue weighted by Crippen LogP contribution is -2.55. The Morgan fingerprint density at radius 2 is 1.96 bits per heavy atom. The number of hydrogen-bond donors (Lipinski definition) is 2. The highest BCUT2D eigenvalue weighted by molar-refractivity contribution is 5.96. The molecule has 0 saturated carbocycles. The predicted octanol–water partition coefficient (Wildman–Crippen LogP) is 1.05. The van der Waals surface area contributed by atoms with Gasteiger partial charge in [0.05, 0.1) is 13.2 Å². The molecule has 3 amide bonds. The van der Waals surface area contributed by atoms with Gasteiger partial charge in [0, 0.05) is 44.5 Å². The van der Waals surface area contributed by atoms with Gasteiger partial charge in [0.15, 0.2) is 0 Å². The minimum absolute atomic E-state index is 0.268. The van der Waals surface area contributed by atoms with Crippen molar-refractivity contribution >= 4 is 17.6 Å². The standard InChI is InChI=1S/C17H26N4O3/c1-4-18-17(23)19-16(22)13(2)20-8-10-21(11-9-20)14-6-5-7-15(12-14)24-3/h5-7,12-13H,4,8-11H2,1-3H3,(H2,18,19,22,23). The molecule has 0 radical (unpaired) electrons. The average Bonchev–Trinajstić information content (AvgIpc) is 2.61. The van der Waals surface area contributed by atoms with E-state index in [2.05, 4.69) is 26.5 Å². The van der Waals surface area contributed by atoms with Crippen LogP contribution in [0.25, 0.3) is 0 Å². The molecule has 7 heteroatoms. The van der Waals surface area contributed by atoms with Gasteiger partial charge in [-0.1, -0.05) is 6.07 Å². The number of amides is 3. The van der Waals surface area contributed by atoms with Crippen molar-refractivity contribution in [1.82, 2.24) is 15.5 Å². The van der Waals surface area contributed by atoms with Crippen molar-refractivity contribution in [1.29, 1.82) is 0 Å². The van der Waals surface area contributed by atoms with Crippen LogP contribution in [0.4, 0.5) is 10.5 Å². The van der Waals surface area contributed by atoms with Gasteiger partial charge in [0.25, 0.3) is 0 Å².